The predicted octanol–water partition coefficient (Wildman–Crippen LogP) is 1.65. The standard InChI is InChI=1S/C15H19N3O2S/c1-11-9-13(5-8-17-11)18-21(19,20)15-4-2-3-12-10-16-7-6-14(12)15/h2-4,6-7,10-11,13,17-18H,5,8-9H2,1H3. The van der Waals surface area contributed by atoms with E-state index in [4.69, 9.17) is 0 Å². The Bertz CT molecular complexity index is 740. The minimum Gasteiger partial charge on any atom is -0.314 e. The molecule has 2 unspecified atom stereocenters. The molecule has 2 heterocycles. The van der Waals surface area contributed by atoms with Crippen LogP contribution in [0.2, 0.25) is 0 Å². The lowest BCUT2D eigenvalue weighted by atomic mass is 10.0. The summed E-state index contributed by atoms with van der Waals surface area (Å²) in [5.41, 5.74) is 0. The van der Waals surface area contributed by atoms with Crippen LogP contribution in [0.3, 0.4) is 0 Å². The van der Waals surface area contributed by atoms with Crippen LogP contribution in [0.15, 0.2) is 41.6 Å². The highest BCUT2D eigenvalue weighted by Gasteiger charge is 2.25. The Kier molecular flexibility index (Phi) is 3.93. The molecule has 21 heavy (non-hydrogen) atoms. The van der Waals surface area contributed by atoms with Crippen LogP contribution in [0.5, 0.6) is 0 Å². The fourth-order valence-electron chi connectivity index (χ4n) is 2.85. The summed E-state index contributed by atoms with van der Waals surface area (Å²) in [6.07, 6.45) is 4.93. The predicted molar refractivity (Wildman–Crippen MR) is 82.6 cm³/mol. The molecule has 3 rings (SSSR count). The quantitative estimate of drug-likeness (QED) is 0.904. The molecule has 5 nitrogen and oxygen atoms in total. The van der Waals surface area contributed by atoms with Gasteiger partial charge in [-0.05, 0) is 38.4 Å². The Morgan fingerprint density at radius 2 is 2.19 bits per heavy atom. The molecular formula is C15H19N3O2S. The van der Waals surface area contributed by atoms with Gasteiger partial charge < -0.3 is 5.32 Å². The van der Waals surface area contributed by atoms with Crippen LogP contribution in [0.25, 0.3) is 10.8 Å². The SMILES string of the molecule is CC1CC(NS(=O)(=O)c2cccc3cnccc23)CCN1. The number of pyridine rings is 1. The van der Waals surface area contributed by atoms with Crippen LogP contribution in [-0.2, 0) is 10.0 Å². The minimum absolute atomic E-state index is 0.0108. The van der Waals surface area contributed by atoms with Gasteiger partial charge in [0.1, 0.15) is 0 Å². The summed E-state index contributed by atoms with van der Waals surface area (Å²) in [6, 6.07) is 7.34. The zero-order chi connectivity index (χ0) is 14.9. The first-order chi connectivity index (χ1) is 10.1. The first-order valence-corrected chi connectivity index (χ1v) is 8.63. The fraction of sp³-hybridized carbons (Fsp3) is 0.400. The summed E-state index contributed by atoms with van der Waals surface area (Å²) in [6.45, 7) is 2.91. The van der Waals surface area contributed by atoms with Gasteiger partial charge in [0, 0.05) is 35.2 Å². The van der Waals surface area contributed by atoms with E-state index in [1.54, 1.807) is 30.6 Å². The van der Waals surface area contributed by atoms with Crippen LogP contribution >= 0.6 is 0 Å². The van der Waals surface area contributed by atoms with Crippen molar-refractivity contribution in [2.75, 3.05) is 6.54 Å². The second kappa shape index (κ2) is 5.71. The molecule has 1 aromatic carbocycles. The van der Waals surface area contributed by atoms with Crippen LogP contribution in [0, 0.1) is 0 Å². The molecule has 0 radical (unpaired) electrons. The third kappa shape index (κ3) is 3.07. The van der Waals surface area contributed by atoms with Crippen molar-refractivity contribution in [3.05, 3.63) is 36.7 Å². The summed E-state index contributed by atoms with van der Waals surface area (Å²) in [5.74, 6) is 0. The normalized spacial score (nSPS) is 23.3. The molecular weight excluding hydrogens is 286 g/mol. The number of piperidine rings is 1. The number of hydrogen-bond acceptors (Lipinski definition) is 4. The highest BCUT2D eigenvalue weighted by Crippen LogP contribution is 2.23. The monoisotopic (exact) mass is 305 g/mol. The van der Waals surface area contributed by atoms with Gasteiger partial charge in [-0.15, -0.1) is 0 Å². The summed E-state index contributed by atoms with van der Waals surface area (Å²) in [5, 5.41) is 4.87. The van der Waals surface area contributed by atoms with Gasteiger partial charge in [0.2, 0.25) is 10.0 Å². The van der Waals surface area contributed by atoms with Crippen molar-refractivity contribution in [3.63, 3.8) is 0 Å². The summed E-state index contributed by atoms with van der Waals surface area (Å²) >= 11 is 0. The smallest absolute Gasteiger partial charge is 0.241 e. The van der Waals surface area contributed by atoms with Crippen molar-refractivity contribution in [1.29, 1.82) is 0 Å². The van der Waals surface area contributed by atoms with E-state index in [0.29, 0.717) is 16.3 Å². The van der Waals surface area contributed by atoms with Gasteiger partial charge in [-0.2, -0.15) is 0 Å². The molecule has 2 atom stereocenters. The average molecular weight is 305 g/mol. The maximum atomic E-state index is 12.7. The molecule has 6 heteroatoms. The van der Waals surface area contributed by atoms with E-state index in [-0.39, 0.29) is 6.04 Å². The van der Waals surface area contributed by atoms with E-state index in [9.17, 15) is 8.42 Å². The van der Waals surface area contributed by atoms with E-state index in [0.717, 1.165) is 24.8 Å². The number of nitrogens with zero attached hydrogens (tertiary/aromatic N) is 1. The Morgan fingerprint density at radius 1 is 1.33 bits per heavy atom. The molecule has 112 valence electrons. The van der Waals surface area contributed by atoms with Crippen molar-refractivity contribution in [1.82, 2.24) is 15.0 Å². The highest BCUT2D eigenvalue weighted by atomic mass is 32.2. The number of benzene rings is 1. The second-order valence-corrected chi connectivity index (χ2v) is 7.23. The molecule has 1 aliphatic rings. The summed E-state index contributed by atoms with van der Waals surface area (Å²) in [7, 11) is -3.52. The molecule has 1 fully saturated rings. The zero-order valence-corrected chi connectivity index (χ0v) is 12.7. The highest BCUT2D eigenvalue weighted by molar-refractivity contribution is 7.89. The summed E-state index contributed by atoms with van der Waals surface area (Å²) < 4.78 is 28.2. The second-order valence-electron chi connectivity index (χ2n) is 5.55. The van der Waals surface area contributed by atoms with Crippen molar-refractivity contribution < 1.29 is 8.42 Å². The van der Waals surface area contributed by atoms with E-state index in [2.05, 4.69) is 21.9 Å². The lowest BCUT2D eigenvalue weighted by molar-refractivity contribution is 0.361. The van der Waals surface area contributed by atoms with Crippen LogP contribution in [0.4, 0.5) is 0 Å². The first kappa shape index (κ1) is 14.4. The number of hydrogen-bond donors (Lipinski definition) is 2. The van der Waals surface area contributed by atoms with Gasteiger partial charge >= 0.3 is 0 Å². The van der Waals surface area contributed by atoms with E-state index in [1.165, 1.54) is 0 Å². The zero-order valence-electron chi connectivity index (χ0n) is 11.9. The number of rotatable bonds is 3. The molecule has 0 saturated carbocycles. The maximum Gasteiger partial charge on any atom is 0.241 e. The van der Waals surface area contributed by atoms with Gasteiger partial charge in [-0.3, -0.25) is 4.98 Å². The van der Waals surface area contributed by atoms with Gasteiger partial charge in [0.15, 0.2) is 0 Å². The topological polar surface area (TPSA) is 71.1 Å². The molecule has 0 bridgehead atoms. The molecule has 0 spiro atoms. The molecule has 2 N–H and O–H groups in total. The largest absolute Gasteiger partial charge is 0.314 e. The Hall–Kier alpha value is -1.50. The van der Waals surface area contributed by atoms with Crippen molar-refractivity contribution in [3.8, 4) is 0 Å². The van der Waals surface area contributed by atoms with Gasteiger partial charge in [-0.25, -0.2) is 13.1 Å². The molecule has 0 aliphatic carbocycles. The molecule has 2 aromatic rings. The van der Waals surface area contributed by atoms with Gasteiger partial charge in [0.25, 0.3) is 0 Å². The Morgan fingerprint density at radius 3 is 3.00 bits per heavy atom. The number of aromatic nitrogens is 1. The van der Waals surface area contributed by atoms with Crippen molar-refractivity contribution in [2.24, 2.45) is 0 Å². The summed E-state index contributed by atoms with van der Waals surface area (Å²) in [4.78, 5) is 4.37. The molecule has 1 aromatic heterocycles. The average Bonchev–Trinajstić information content (AvgIpc) is 2.46. The molecule has 1 saturated heterocycles. The number of nitrogens with one attached hydrogen (secondary N) is 2. The van der Waals surface area contributed by atoms with E-state index < -0.39 is 10.0 Å². The number of fused-ring (bicyclic) bond motifs is 1. The van der Waals surface area contributed by atoms with Gasteiger partial charge in [0.05, 0.1) is 4.90 Å². The van der Waals surface area contributed by atoms with Crippen LogP contribution < -0.4 is 10.0 Å². The molecule has 1 aliphatic heterocycles. The lowest BCUT2D eigenvalue weighted by Gasteiger charge is -2.28. The van der Waals surface area contributed by atoms with Crippen LogP contribution in [0.1, 0.15) is 19.8 Å². The molecule has 0 amide bonds. The minimum atomic E-state index is -3.52. The van der Waals surface area contributed by atoms with Crippen LogP contribution in [-0.4, -0.2) is 32.0 Å². The maximum absolute atomic E-state index is 12.7. The van der Waals surface area contributed by atoms with Crippen molar-refractivity contribution in [2.45, 2.75) is 36.7 Å². The van der Waals surface area contributed by atoms with Crippen molar-refractivity contribution >= 4 is 20.8 Å². The first-order valence-electron chi connectivity index (χ1n) is 7.15. The van der Waals surface area contributed by atoms with E-state index in [1.807, 2.05) is 6.07 Å². The number of sulfonamides is 1. The fourth-order valence-corrected chi connectivity index (χ4v) is 4.36. The van der Waals surface area contributed by atoms with E-state index >= 15 is 0 Å². The Labute approximate surface area is 124 Å². The lowest BCUT2D eigenvalue weighted by Crippen LogP contribution is -2.46. The van der Waals surface area contributed by atoms with Gasteiger partial charge in [-0.1, -0.05) is 12.1 Å². The third-order valence-electron chi connectivity index (χ3n) is 3.88. The third-order valence-corrected chi connectivity index (χ3v) is 5.45. The Balaban J connectivity index is 1.93.